The van der Waals surface area contributed by atoms with E-state index in [0.29, 0.717) is 11.5 Å². The number of sulfone groups is 1. The quantitative estimate of drug-likeness (QED) is 0.599. The summed E-state index contributed by atoms with van der Waals surface area (Å²) in [5.41, 5.74) is 0. The zero-order valence-electron chi connectivity index (χ0n) is 7.36. The van der Waals surface area contributed by atoms with Gasteiger partial charge in [0.1, 0.15) is 0 Å². The molecule has 70 valence electrons. The number of hydrogen-bond donors (Lipinski definition) is 0. The van der Waals surface area contributed by atoms with Crippen molar-refractivity contribution in [1.29, 1.82) is 0 Å². The van der Waals surface area contributed by atoms with E-state index in [-0.39, 0.29) is 6.04 Å². The predicted molar refractivity (Wildman–Crippen MR) is 49.9 cm³/mol. The van der Waals surface area contributed by atoms with Crippen molar-refractivity contribution in [2.75, 3.05) is 25.1 Å². The van der Waals surface area contributed by atoms with Crippen molar-refractivity contribution in [3.63, 3.8) is 0 Å². The van der Waals surface area contributed by atoms with E-state index < -0.39 is 9.84 Å². The molecule has 12 heavy (non-hydrogen) atoms. The maximum Gasteiger partial charge on any atom is 0.151 e. The summed E-state index contributed by atoms with van der Waals surface area (Å²) in [7, 11) is -0.797. The van der Waals surface area contributed by atoms with Crippen LogP contribution in [0.4, 0.5) is 0 Å². The molecular weight excluding hydrogens is 174 g/mol. The van der Waals surface area contributed by atoms with Crippen molar-refractivity contribution in [2.24, 2.45) is 0 Å². The van der Waals surface area contributed by atoms with Gasteiger partial charge in [0.2, 0.25) is 0 Å². The SMILES string of the molecule is C=CCN(C)[C@H]1CCS(=O)(=O)C1. The summed E-state index contributed by atoms with van der Waals surface area (Å²) in [6, 6.07) is 0.202. The van der Waals surface area contributed by atoms with Gasteiger partial charge < -0.3 is 0 Å². The highest BCUT2D eigenvalue weighted by Gasteiger charge is 2.29. The van der Waals surface area contributed by atoms with Crippen LogP contribution in [0.15, 0.2) is 12.7 Å². The molecule has 0 aromatic rings. The second-order valence-electron chi connectivity index (χ2n) is 3.29. The van der Waals surface area contributed by atoms with Gasteiger partial charge in [-0.3, -0.25) is 4.90 Å². The first-order valence-electron chi connectivity index (χ1n) is 4.07. The second kappa shape index (κ2) is 3.58. The van der Waals surface area contributed by atoms with Crippen LogP contribution in [0.3, 0.4) is 0 Å². The van der Waals surface area contributed by atoms with Crippen LogP contribution >= 0.6 is 0 Å². The largest absolute Gasteiger partial charge is 0.299 e. The Bertz CT molecular complexity index is 258. The van der Waals surface area contributed by atoms with Crippen LogP contribution < -0.4 is 0 Å². The second-order valence-corrected chi connectivity index (χ2v) is 5.51. The highest BCUT2D eigenvalue weighted by molar-refractivity contribution is 7.91. The van der Waals surface area contributed by atoms with Crippen LogP contribution in [-0.4, -0.2) is 44.5 Å². The summed E-state index contributed by atoms with van der Waals surface area (Å²) in [6.45, 7) is 4.38. The third-order valence-electron chi connectivity index (χ3n) is 2.25. The molecule has 1 rings (SSSR count). The lowest BCUT2D eigenvalue weighted by Gasteiger charge is -2.20. The van der Waals surface area contributed by atoms with Gasteiger partial charge in [0.15, 0.2) is 9.84 Å². The molecule has 0 aliphatic carbocycles. The maximum atomic E-state index is 11.1. The van der Waals surface area contributed by atoms with Gasteiger partial charge in [-0.25, -0.2) is 8.42 Å². The Morgan fingerprint density at radius 1 is 1.67 bits per heavy atom. The monoisotopic (exact) mass is 189 g/mol. The Balaban J connectivity index is 2.52. The molecule has 3 nitrogen and oxygen atoms in total. The minimum Gasteiger partial charge on any atom is -0.299 e. The van der Waals surface area contributed by atoms with Crippen LogP contribution in [0.25, 0.3) is 0 Å². The molecular formula is C8H15NO2S. The normalized spacial score (nSPS) is 27.7. The summed E-state index contributed by atoms with van der Waals surface area (Å²) in [6.07, 6.45) is 2.57. The van der Waals surface area contributed by atoms with E-state index in [2.05, 4.69) is 6.58 Å². The minimum atomic E-state index is -2.73. The molecule has 0 amide bonds. The average Bonchev–Trinajstić information content (AvgIpc) is 2.31. The van der Waals surface area contributed by atoms with Crippen LogP contribution in [0.2, 0.25) is 0 Å². The van der Waals surface area contributed by atoms with E-state index in [1.165, 1.54) is 0 Å². The molecule has 0 aromatic carbocycles. The van der Waals surface area contributed by atoms with Gasteiger partial charge >= 0.3 is 0 Å². The van der Waals surface area contributed by atoms with E-state index in [1.807, 2.05) is 11.9 Å². The third-order valence-corrected chi connectivity index (χ3v) is 4.00. The fourth-order valence-electron chi connectivity index (χ4n) is 1.48. The van der Waals surface area contributed by atoms with Crippen molar-refractivity contribution < 1.29 is 8.42 Å². The van der Waals surface area contributed by atoms with Crippen molar-refractivity contribution in [3.8, 4) is 0 Å². The lowest BCUT2D eigenvalue weighted by atomic mass is 10.2. The fourth-order valence-corrected chi connectivity index (χ4v) is 3.28. The Hall–Kier alpha value is -0.350. The number of likely N-dealkylation sites (N-methyl/N-ethyl adjacent to an activating group) is 1. The van der Waals surface area contributed by atoms with Gasteiger partial charge in [-0.2, -0.15) is 0 Å². The molecule has 1 heterocycles. The molecule has 0 spiro atoms. The molecule has 1 atom stereocenters. The third kappa shape index (κ3) is 2.32. The molecule has 0 saturated carbocycles. The Labute approximate surface area is 74.0 Å². The Morgan fingerprint density at radius 2 is 2.33 bits per heavy atom. The number of rotatable bonds is 3. The van der Waals surface area contributed by atoms with Gasteiger partial charge in [0.05, 0.1) is 11.5 Å². The van der Waals surface area contributed by atoms with Gasteiger partial charge in [0.25, 0.3) is 0 Å². The van der Waals surface area contributed by atoms with Crippen molar-refractivity contribution in [1.82, 2.24) is 4.90 Å². The number of nitrogens with zero attached hydrogens (tertiary/aromatic N) is 1. The molecule has 0 bridgehead atoms. The molecule has 1 fully saturated rings. The molecule has 1 aliphatic heterocycles. The predicted octanol–water partition coefficient (Wildman–Crippen LogP) is 0.291. The van der Waals surface area contributed by atoms with Gasteiger partial charge in [-0.05, 0) is 13.5 Å². The van der Waals surface area contributed by atoms with Crippen molar-refractivity contribution in [2.45, 2.75) is 12.5 Å². The van der Waals surface area contributed by atoms with Crippen molar-refractivity contribution >= 4 is 9.84 Å². The van der Waals surface area contributed by atoms with Gasteiger partial charge in [-0.1, -0.05) is 6.08 Å². The van der Waals surface area contributed by atoms with Crippen LogP contribution in [0.5, 0.6) is 0 Å². The molecule has 0 aromatic heterocycles. The molecule has 0 N–H and O–H groups in total. The zero-order valence-corrected chi connectivity index (χ0v) is 8.18. The summed E-state index contributed by atoms with van der Waals surface area (Å²) < 4.78 is 22.2. The molecule has 0 unspecified atom stereocenters. The van der Waals surface area contributed by atoms with E-state index in [0.717, 1.165) is 13.0 Å². The van der Waals surface area contributed by atoms with E-state index >= 15 is 0 Å². The van der Waals surface area contributed by atoms with E-state index in [1.54, 1.807) is 6.08 Å². The standard InChI is InChI=1S/C8H15NO2S/c1-3-5-9(2)8-4-6-12(10,11)7-8/h3,8H,1,4-7H2,2H3/t8-/m0/s1. The van der Waals surface area contributed by atoms with Crippen molar-refractivity contribution in [3.05, 3.63) is 12.7 Å². The lowest BCUT2D eigenvalue weighted by Crippen LogP contribution is -2.32. The maximum absolute atomic E-state index is 11.1. The first-order chi connectivity index (χ1) is 5.55. The molecule has 0 radical (unpaired) electrons. The molecule has 1 aliphatic rings. The number of hydrogen-bond acceptors (Lipinski definition) is 3. The Morgan fingerprint density at radius 3 is 2.75 bits per heavy atom. The zero-order chi connectivity index (χ0) is 9.19. The van der Waals surface area contributed by atoms with Crippen LogP contribution in [-0.2, 0) is 9.84 Å². The first-order valence-corrected chi connectivity index (χ1v) is 5.89. The van der Waals surface area contributed by atoms with Crippen LogP contribution in [0, 0.1) is 0 Å². The average molecular weight is 189 g/mol. The summed E-state index contributed by atoms with van der Waals surface area (Å²) in [4.78, 5) is 2.04. The molecule has 4 heteroatoms. The smallest absolute Gasteiger partial charge is 0.151 e. The Kier molecular flexibility index (Phi) is 2.90. The summed E-state index contributed by atoms with van der Waals surface area (Å²) in [5, 5.41) is 0. The summed E-state index contributed by atoms with van der Waals surface area (Å²) >= 11 is 0. The topological polar surface area (TPSA) is 37.4 Å². The first kappa shape index (κ1) is 9.74. The van der Waals surface area contributed by atoms with Gasteiger partial charge in [-0.15, -0.1) is 6.58 Å². The molecule has 1 saturated heterocycles. The highest BCUT2D eigenvalue weighted by atomic mass is 32.2. The van der Waals surface area contributed by atoms with Gasteiger partial charge in [0, 0.05) is 12.6 Å². The fraction of sp³-hybridized carbons (Fsp3) is 0.750. The lowest BCUT2D eigenvalue weighted by molar-refractivity contribution is 0.289. The van der Waals surface area contributed by atoms with Crippen LogP contribution in [0.1, 0.15) is 6.42 Å². The minimum absolute atomic E-state index is 0.202. The van der Waals surface area contributed by atoms with E-state index in [9.17, 15) is 8.42 Å². The summed E-state index contributed by atoms with van der Waals surface area (Å²) in [5.74, 6) is 0.663. The van der Waals surface area contributed by atoms with E-state index in [4.69, 9.17) is 0 Å². The highest BCUT2D eigenvalue weighted by Crippen LogP contribution is 2.15.